The smallest absolute Gasteiger partial charge is 0.191 e. The summed E-state index contributed by atoms with van der Waals surface area (Å²) in [7, 11) is 3.82. The second-order valence-corrected chi connectivity index (χ2v) is 6.87. The van der Waals surface area contributed by atoms with Crippen LogP contribution in [0.3, 0.4) is 0 Å². The SMILES string of the molecule is C=C(OCc1cccc(-c2cc3c(nc(NC)c4ncn(C)c43)[nH]2)n1)n1ccnc1. The molecule has 2 N–H and O–H groups in total. The van der Waals surface area contributed by atoms with Gasteiger partial charge < -0.3 is 19.6 Å². The van der Waals surface area contributed by atoms with Gasteiger partial charge in [-0.2, -0.15) is 0 Å². The lowest BCUT2D eigenvalue weighted by Gasteiger charge is -2.09. The predicted molar refractivity (Wildman–Crippen MR) is 115 cm³/mol. The standard InChI is InChI=1S/C21H20N8O/c1-13(29-8-7-23-11-29)30-10-14-5-4-6-16(25-14)17-9-15-19-18(24-12-28(19)3)21(22-2)27-20(15)26-17/h4-9,11-12H,1,10H2,2-3H3,(H2,22,26,27). The van der Waals surface area contributed by atoms with Crippen LogP contribution < -0.4 is 5.32 Å². The molecule has 30 heavy (non-hydrogen) atoms. The minimum atomic E-state index is 0.305. The van der Waals surface area contributed by atoms with E-state index in [4.69, 9.17) is 9.72 Å². The molecule has 0 aromatic carbocycles. The summed E-state index contributed by atoms with van der Waals surface area (Å²) in [6, 6.07) is 7.89. The molecule has 0 unspecified atom stereocenters. The van der Waals surface area contributed by atoms with Crippen LogP contribution in [-0.4, -0.2) is 41.1 Å². The van der Waals surface area contributed by atoms with Gasteiger partial charge in [-0.1, -0.05) is 6.07 Å². The molecule has 0 saturated heterocycles. The number of aromatic nitrogens is 7. The average Bonchev–Trinajstić information content (AvgIpc) is 3.51. The van der Waals surface area contributed by atoms with Crippen LogP contribution in [0.4, 0.5) is 5.82 Å². The number of H-pyrrole nitrogens is 1. The second kappa shape index (κ2) is 7.03. The Hall–Kier alpha value is -4.14. The molecule has 5 aromatic rings. The summed E-state index contributed by atoms with van der Waals surface area (Å²) in [5.41, 5.74) is 5.12. The molecular formula is C21H20N8O. The summed E-state index contributed by atoms with van der Waals surface area (Å²) in [6.45, 7) is 4.22. The molecule has 0 spiro atoms. The zero-order chi connectivity index (χ0) is 20.7. The van der Waals surface area contributed by atoms with E-state index in [2.05, 4.69) is 37.9 Å². The Morgan fingerprint density at radius 2 is 2.17 bits per heavy atom. The largest absolute Gasteiger partial charge is 0.472 e. The van der Waals surface area contributed by atoms with Gasteiger partial charge >= 0.3 is 0 Å². The first-order valence-corrected chi connectivity index (χ1v) is 9.42. The van der Waals surface area contributed by atoms with E-state index in [1.807, 2.05) is 36.9 Å². The number of anilines is 1. The van der Waals surface area contributed by atoms with E-state index in [1.54, 1.807) is 29.6 Å². The highest BCUT2D eigenvalue weighted by atomic mass is 16.5. The minimum Gasteiger partial charge on any atom is -0.472 e. The topological polar surface area (TPSA) is 98.5 Å². The Kier molecular flexibility index (Phi) is 4.20. The molecule has 0 bridgehead atoms. The molecule has 0 aliphatic rings. The number of fused-ring (bicyclic) bond motifs is 3. The van der Waals surface area contributed by atoms with Crippen molar-refractivity contribution >= 4 is 33.8 Å². The molecule has 0 aliphatic carbocycles. The maximum Gasteiger partial charge on any atom is 0.191 e. The summed E-state index contributed by atoms with van der Waals surface area (Å²) in [5, 5.41) is 4.11. The number of rotatable bonds is 6. The first-order valence-electron chi connectivity index (χ1n) is 9.42. The van der Waals surface area contributed by atoms with Gasteiger partial charge in [0, 0.05) is 31.9 Å². The molecular weight excluding hydrogens is 380 g/mol. The first kappa shape index (κ1) is 17.9. The number of ether oxygens (including phenoxy) is 1. The number of hydrogen-bond acceptors (Lipinski definition) is 6. The molecule has 5 heterocycles. The minimum absolute atomic E-state index is 0.305. The first-order chi connectivity index (χ1) is 14.6. The highest BCUT2D eigenvalue weighted by Crippen LogP contribution is 2.31. The van der Waals surface area contributed by atoms with Crippen molar-refractivity contribution in [1.29, 1.82) is 0 Å². The molecule has 0 fully saturated rings. The molecule has 5 rings (SSSR count). The highest BCUT2D eigenvalue weighted by Gasteiger charge is 2.15. The quantitative estimate of drug-likeness (QED) is 0.424. The number of imidazole rings is 2. The number of nitrogens with zero attached hydrogens (tertiary/aromatic N) is 6. The molecule has 0 atom stereocenters. The lowest BCUT2D eigenvalue weighted by molar-refractivity contribution is 0.242. The number of nitrogens with one attached hydrogen (secondary N) is 2. The fourth-order valence-corrected chi connectivity index (χ4v) is 3.46. The van der Waals surface area contributed by atoms with Crippen LogP contribution in [0.2, 0.25) is 0 Å². The lowest BCUT2D eigenvalue weighted by Crippen LogP contribution is -2.00. The predicted octanol–water partition coefficient (Wildman–Crippen LogP) is 3.39. The van der Waals surface area contributed by atoms with Crippen LogP contribution in [-0.2, 0) is 18.4 Å². The van der Waals surface area contributed by atoms with Crippen molar-refractivity contribution in [3.8, 4) is 11.4 Å². The van der Waals surface area contributed by atoms with Crippen molar-refractivity contribution in [2.24, 2.45) is 7.05 Å². The van der Waals surface area contributed by atoms with Gasteiger partial charge in [-0.25, -0.2) is 19.9 Å². The summed E-state index contributed by atoms with van der Waals surface area (Å²) in [4.78, 5) is 21.3. The van der Waals surface area contributed by atoms with E-state index in [1.165, 1.54) is 0 Å². The molecule has 5 aromatic heterocycles. The van der Waals surface area contributed by atoms with Gasteiger partial charge in [0.15, 0.2) is 11.7 Å². The Bertz CT molecular complexity index is 1360. The van der Waals surface area contributed by atoms with Crippen LogP contribution in [0.5, 0.6) is 0 Å². The van der Waals surface area contributed by atoms with Crippen LogP contribution in [0.15, 0.2) is 55.9 Å². The third kappa shape index (κ3) is 2.96. The van der Waals surface area contributed by atoms with Crippen molar-refractivity contribution < 1.29 is 4.74 Å². The zero-order valence-corrected chi connectivity index (χ0v) is 16.6. The molecule has 0 radical (unpaired) electrons. The summed E-state index contributed by atoms with van der Waals surface area (Å²) in [5.74, 6) is 1.23. The molecule has 9 heteroatoms. The Labute approximate surface area is 172 Å². The van der Waals surface area contributed by atoms with Crippen molar-refractivity contribution in [3.05, 3.63) is 61.6 Å². The van der Waals surface area contributed by atoms with Crippen molar-refractivity contribution in [2.45, 2.75) is 6.61 Å². The van der Waals surface area contributed by atoms with Crippen LogP contribution in [0.25, 0.3) is 39.3 Å². The van der Waals surface area contributed by atoms with E-state index in [9.17, 15) is 0 Å². The number of aromatic amines is 1. The van der Waals surface area contributed by atoms with Crippen LogP contribution >= 0.6 is 0 Å². The Morgan fingerprint density at radius 3 is 2.97 bits per heavy atom. The fourth-order valence-electron chi connectivity index (χ4n) is 3.46. The number of hydrogen-bond donors (Lipinski definition) is 2. The van der Waals surface area contributed by atoms with Crippen molar-refractivity contribution in [1.82, 2.24) is 34.1 Å². The summed E-state index contributed by atoms with van der Waals surface area (Å²) < 4.78 is 9.45. The lowest BCUT2D eigenvalue weighted by atomic mass is 10.2. The maximum absolute atomic E-state index is 5.74. The average molecular weight is 400 g/mol. The van der Waals surface area contributed by atoms with Gasteiger partial charge in [0.2, 0.25) is 0 Å². The van der Waals surface area contributed by atoms with Crippen molar-refractivity contribution in [2.75, 3.05) is 12.4 Å². The number of pyridine rings is 2. The van der Waals surface area contributed by atoms with E-state index in [0.717, 1.165) is 45.0 Å². The summed E-state index contributed by atoms with van der Waals surface area (Å²) in [6.07, 6.45) is 6.89. The Morgan fingerprint density at radius 1 is 1.27 bits per heavy atom. The maximum atomic E-state index is 5.74. The van der Waals surface area contributed by atoms with E-state index < -0.39 is 0 Å². The molecule has 0 saturated carbocycles. The molecule has 0 amide bonds. The highest BCUT2D eigenvalue weighted by molar-refractivity contribution is 6.07. The zero-order valence-electron chi connectivity index (χ0n) is 16.6. The normalized spacial score (nSPS) is 11.3. The third-order valence-corrected chi connectivity index (χ3v) is 4.94. The third-order valence-electron chi connectivity index (χ3n) is 4.94. The molecule has 0 aliphatic heterocycles. The number of aryl methyl sites for hydroxylation is 1. The fraction of sp³-hybridized carbons (Fsp3) is 0.143. The van der Waals surface area contributed by atoms with Gasteiger partial charge in [0.25, 0.3) is 0 Å². The molecule has 9 nitrogen and oxygen atoms in total. The summed E-state index contributed by atoms with van der Waals surface area (Å²) >= 11 is 0. The Balaban J connectivity index is 1.48. The van der Waals surface area contributed by atoms with E-state index >= 15 is 0 Å². The van der Waals surface area contributed by atoms with Crippen LogP contribution in [0, 0.1) is 0 Å². The van der Waals surface area contributed by atoms with Crippen LogP contribution in [0.1, 0.15) is 5.69 Å². The van der Waals surface area contributed by atoms with Gasteiger partial charge in [0.1, 0.15) is 24.1 Å². The monoisotopic (exact) mass is 400 g/mol. The molecule has 150 valence electrons. The van der Waals surface area contributed by atoms with Crippen molar-refractivity contribution in [3.63, 3.8) is 0 Å². The van der Waals surface area contributed by atoms with Gasteiger partial charge in [-0.15, -0.1) is 0 Å². The van der Waals surface area contributed by atoms with E-state index in [-0.39, 0.29) is 0 Å². The van der Waals surface area contributed by atoms with Gasteiger partial charge in [-0.05, 0) is 24.8 Å². The van der Waals surface area contributed by atoms with E-state index in [0.29, 0.717) is 12.5 Å². The van der Waals surface area contributed by atoms with Gasteiger partial charge in [0.05, 0.1) is 28.9 Å². The second-order valence-electron chi connectivity index (χ2n) is 6.87. The van der Waals surface area contributed by atoms with Gasteiger partial charge in [-0.3, -0.25) is 4.57 Å².